The number of rotatable bonds is 10. The van der Waals surface area contributed by atoms with E-state index in [2.05, 4.69) is 52.0 Å². The van der Waals surface area contributed by atoms with E-state index in [9.17, 15) is 0 Å². The Labute approximate surface area is 132 Å². The molecule has 0 nitrogen and oxygen atoms in total. The molecule has 0 fully saturated rings. The Kier molecular flexibility index (Phi) is 9.14. The molecule has 0 saturated heterocycles. The fourth-order valence-electron chi connectivity index (χ4n) is 3.02. The number of unbranched alkanes of at least 4 members (excludes halogenated alkanes) is 2. The van der Waals surface area contributed by atoms with Crippen LogP contribution in [0.4, 0.5) is 0 Å². The maximum Gasteiger partial charge on any atom is -0.0225 e. The molecular weight excluding hydrogens is 252 g/mol. The van der Waals surface area contributed by atoms with E-state index < -0.39 is 0 Å². The van der Waals surface area contributed by atoms with Gasteiger partial charge in [0.05, 0.1) is 0 Å². The van der Waals surface area contributed by atoms with Gasteiger partial charge >= 0.3 is 0 Å². The monoisotopic (exact) mass is 286 g/mol. The molecule has 0 aliphatic rings. The third kappa shape index (κ3) is 6.08. The second kappa shape index (κ2) is 10.7. The molecule has 0 radical (unpaired) electrons. The second-order valence-corrected chi connectivity index (χ2v) is 6.08. The Hall–Kier alpha value is -1.04. The summed E-state index contributed by atoms with van der Waals surface area (Å²) in [5, 5.41) is 0. The average molecular weight is 287 g/mol. The van der Waals surface area contributed by atoms with Crippen LogP contribution in [-0.2, 0) is 12.8 Å². The molecule has 0 bridgehead atoms. The summed E-state index contributed by atoms with van der Waals surface area (Å²) in [6.45, 7) is 9.08. The molecule has 0 aliphatic carbocycles. The lowest BCUT2D eigenvalue weighted by Crippen LogP contribution is -1.97. The fourth-order valence-corrected chi connectivity index (χ4v) is 3.02. The lowest BCUT2D eigenvalue weighted by molar-refractivity contribution is 0.711. The van der Waals surface area contributed by atoms with Gasteiger partial charge in [0.1, 0.15) is 0 Å². The van der Waals surface area contributed by atoms with Crippen LogP contribution in [0.2, 0.25) is 0 Å². The average Bonchev–Trinajstić information content (AvgIpc) is 2.49. The molecular formula is C21H34. The van der Waals surface area contributed by atoms with Crippen LogP contribution >= 0.6 is 0 Å². The topological polar surface area (TPSA) is 0 Å². The predicted octanol–water partition coefficient (Wildman–Crippen LogP) is 6.97. The van der Waals surface area contributed by atoms with Gasteiger partial charge in [-0.05, 0) is 54.4 Å². The zero-order valence-corrected chi connectivity index (χ0v) is 14.7. The summed E-state index contributed by atoms with van der Waals surface area (Å²) in [6, 6.07) is 7.23. The smallest absolute Gasteiger partial charge is 0.0225 e. The normalized spacial score (nSPS) is 11.9. The van der Waals surface area contributed by atoms with Gasteiger partial charge in [-0.15, -0.1) is 0 Å². The quantitative estimate of drug-likeness (QED) is 0.408. The van der Waals surface area contributed by atoms with Gasteiger partial charge in [0, 0.05) is 0 Å². The third-order valence-corrected chi connectivity index (χ3v) is 4.12. The second-order valence-electron chi connectivity index (χ2n) is 6.08. The Morgan fingerprint density at radius 3 is 2.29 bits per heavy atom. The van der Waals surface area contributed by atoms with Crippen LogP contribution < -0.4 is 0 Å². The number of aryl methyl sites for hydroxylation is 2. The minimum atomic E-state index is 1.14. The number of benzene rings is 1. The molecule has 1 aromatic carbocycles. The van der Waals surface area contributed by atoms with Crippen LogP contribution in [0.1, 0.15) is 89.3 Å². The summed E-state index contributed by atoms with van der Waals surface area (Å²) in [7, 11) is 0. The maximum absolute atomic E-state index is 2.47. The highest BCUT2D eigenvalue weighted by molar-refractivity contribution is 5.66. The van der Waals surface area contributed by atoms with Gasteiger partial charge in [-0.2, -0.15) is 0 Å². The van der Waals surface area contributed by atoms with Crippen molar-refractivity contribution in [2.45, 2.75) is 85.5 Å². The van der Waals surface area contributed by atoms with Crippen molar-refractivity contribution < 1.29 is 0 Å². The highest BCUT2D eigenvalue weighted by atomic mass is 14.1. The highest BCUT2D eigenvalue weighted by Crippen LogP contribution is 2.25. The van der Waals surface area contributed by atoms with Crippen molar-refractivity contribution in [1.29, 1.82) is 0 Å². The highest BCUT2D eigenvalue weighted by Gasteiger charge is 2.06. The van der Waals surface area contributed by atoms with Crippen LogP contribution in [0, 0.1) is 0 Å². The maximum atomic E-state index is 2.47. The fraction of sp³-hybridized carbons (Fsp3) is 0.619. The van der Waals surface area contributed by atoms with Gasteiger partial charge in [0.15, 0.2) is 0 Å². The summed E-state index contributed by atoms with van der Waals surface area (Å²) in [5.41, 5.74) is 6.17. The van der Waals surface area contributed by atoms with Crippen LogP contribution in [-0.4, -0.2) is 0 Å². The number of hydrogen-bond donors (Lipinski definition) is 0. The first-order valence-corrected chi connectivity index (χ1v) is 9.07. The molecule has 0 unspecified atom stereocenters. The van der Waals surface area contributed by atoms with Gasteiger partial charge < -0.3 is 0 Å². The summed E-state index contributed by atoms with van der Waals surface area (Å²) in [4.78, 5) is 0. The Balaban J connectivity index is 2.97. The molecule has 0 saturated carbocycles. The standard InChI is InChI=1S/C21H34/c1-5-9-10-14-19-15-16-21(17-20(19)13-8-4)18(11-6-2)12-7-3/h11,15-17H,5-10,12-14H2,1-4H3/b18-11+. The van der Waals surface area contributed by atoms with Crippen molar-refractivity contribution in [3.8, 4) is 0 Å². The van der Waals surface area contributed by atoms with E-state index in [-0.39, 0.29) is 0 Å². The minimum absolute atomic E-state index is 1.14. The molecule has 1 rings (SSSR count). The first-order chi connectivity index (χ1) is 10.3. The van der Waals surface area contributed by atoms with Crippen molar-refractivity contribution >= 4 is 5.57 Å². The molecule has 21 heavy (non-hydrogen) atoms. The van der Waals surface area contributed by atoms with Crippen LogP contribution in [0.3, 0.4) is 0 Å². The number of hydrogen-bond acceptors (Lipinski definition) is 0. The van der Waals surface area contributed by atoms with Crippen molar-refractivity contribution in [3.05, 3.63) is 41.0 Å². The molecule has 0 aliphatic heterocycles. The molecule has 1 aromatic rings. The van der Waals surface area contributed by atoms with E-state index >= 15 is 0 Å². The molecule has 0 atom stereocenters. The third-order valence-electron chi connectivity index (χ3n) is 4.12. The predicted molar refractivity (Wildman–Crippen MR) is 96.8 cm³/mol. The molecule has 118 valence electrons. The van der Waals surface area contributed by atoms with Crippen LogP contribution in [0.15, 0.2) is 24.3 Å². The van der Waals surface area contributed by atoms with Crippen molar-refractivity contribution in [1.82, 2.24) is 0 Å². The SMILES string of the molecule is CC/C=C(\CCC)c1ccc(CCCCC)c(CCC)c1. The van der Waals surface area contributed by atoms with Gasteiger partial charge in [0.25, 0.3) is 0 Å². The van der Waals surface area contributed by atoms with E-state index in [1.165, 1.54) is 62.5 Å². The van der Waals surface area contributed by atoms with Crippen LogP contribution in [0.5, 0.6) is 0 Å². The lowest BCUT2D eigenvalue weighted by atomic mass is 9.92. The van der Waals surface area contributed by atoms with E-state index in [0.717, 1.165) is 6.42 Å². The molecule has 0 N–H and O–H groups in total. The largest absolute Gasteiger partial charge is 0.0810 e. The Morgan fingerprint density at radius 2 is 1.67 bits per heavy atom. The molecule has 0 amide bonds. The van der Waals surface area contributed by atoms with Crippen molar-refractivity contribution in [3.63, 3.8) is 0 Å². The summed E-state index contributed by atoms with van der Waals surface area (Å²) >= 11 is 0. The van der Waals surface area contributed by atoms with Crippen LogP contribution in [0.25, 0.3) is 5.57 Å². The Morgan fingerprint density at radius 1 is 0.857 bits per heavy atom. The van der Waals surface area contributed by atoms with Gasteiger partial charge in [0.2, 0.25) is 0 Å². The van der Waals surface area contributed by atoms with Crippen molar-refractivity contribution in [2.75, 3.05) is 0 Å². The van der Waals surface area contributed by atoms with Gasteiger partial charge in [-0.25, -0.2) is 0 Å². The summed E-state index contributed by atoms with van der Waals surface area (Å²) in [5.74, 6) is 0. The van der Waals surface area contributed by atoms with Gasteiger partial charge in [-0.1, -0.05) is 77.7 Å². The molecule has 0 heterocycles. The summed E-state index contributed by atoms with van der Waals surface area (Å²) in [6.07, 6.45) is 13.7. The molecule has 0 aromatic heterocycles. The Bertz CT molecular complexity index is 426. The van der Waals surface area contributed by atoms with Crippen molar-refractivity contribution in [2.24, 2.45) is 0 Å². The lowest BCUT2D eigenvalue weighted by Gasteiger charge is -2.13. The van der Waals surface area contributed by atoms with E-state index in [0.29, 0.717) is 0 Å². The van der Waals surface area contributed by atoms with E-state index in [4.69, 9.17) is 0 Å². The first-order valence-electron chi connectivity index (χ1n) is 9.07. The zero-order chi connectivity index (χ0) is 15.5. The molecule has 0 spiro atoms. The zero-order valence-electron chi connectivity index (χ0n) is 14.7. The minimum Gasteiger partial charge on any atom is -0.0810 e. The van der Waals surface area contributed by atoms with E-state index in [1.54, 1.807) is 11.1 Å². The summed E-state index contributed by atoms with van der Waals surface area (Å²) < 4.78 is 0. The number of allylic oxidation sites excluding steroid dienone is 2. The van der Waals surface area contributed by atoms with E-state index in [1.807, 2.05) is 0 Å². The first kappa shape index (κ1) is 18.0. The van der Waals surface area contributed by atoms with Gasteiger partial charge in [-0.3, -0.25) is 0 Å². The molecule has 0 heteroatoms.